The summed E-state index contributed by atoms with van der Waals surface area (Å²) >= 11 is 0. The Morgan fingerprint density at radius 1 is 1.15 bits per heavy atom. The Labute approximate surface area is 155 Å². The van der Waals surface area contributed by atoms with Crippen LogP contribution in [0.25, 0.3) is 10.8 Å². The average Bonchev–Trinajstić information content (AvgIpc) is 2.66. The van der Waals surface area contributed by atoms with Crippen molar-refractivity contribution in [1.82, 2.24) is 15.1 Å². The largest absolute Gasteiger partial charge is 0.454 e. The summed E-state index contributed by atoms with van der Waals surface area (Å²) in [6.07, 6.45) is 4.00. The van der Waals surface area contributed by atoms with E-state index in [0.717, 1.165) is 30.4 Å². The lowest BCUT2D eigenvalue weighted by molar-refractivity contribution is -0.149. The van der Waals surface area contributed by atoms with Crippen molar-refractivity contribution in [1.29, 1.82) is 0 Å². The molecule has 1 aliphatic rings. The third-order valence-corrected chi connectivity index (χ3v) is 4.92. The number of rotatable bonds is 5. The lowest BCUT2D eigenvalue weighted by Gasteiger charge is -2.26. The normalized spacial score (nSPS) is 19.6. The Bertz CT molecular complexity index is 954. The zero-order valence-electron chi connectivity index (χ0n) is 15.2. The molecule has 0 aliphatic heterocycles. The topological polar surface area (TPSA) is 110 Å². The van der Waals surface area contributed by atoms with Crippen LogP contribution in [0.1, 0.15) is 32.6 Å². The van der Waals surface area contributed by atoms with Crippen LogP contribution in [-0.2, 0) is 20.9 Å². The predicted octanol–water partition coefficient (Wildman–Crippen LogP) is 0.928. The van der Waals surface area contributed by atoms with E-state index in [2.05, 4.69) is 17.3 Å². The zero-order chi connectivity index (χ0) is 19.4. The Hall–Kier alpha value is -2.90. The molecule has 8 nitrogen and oxygen atoms in total. The molecular weight excluding hydrogens is 350 g/mol. The summed E-state index contributed by atoms with van der Waals surface area (Å²) in [4.78, 5) is 48.3. The minimum atomic E-state index is -0.768. The number of aromatic amines is 1. The van der Waals surface area contributed by atoms with Crippen molar-refractivity contribution >= 4 is 22.6 Å². The predicted molar refractivity (Wildman–Crippen MR) is 99.4 cm³/mol. The quantitative estimate of drug-likeness (QED) is 0.758. The van der Waals surface area contributed by atoms with Gasteiger partial charge in [0, 0.05) is 6.04 Å². The number of carbonyl (C=O) groups is 2. The molecular formula is C19H23N3O5. The van der Waals surface area contributed by atoms with Gasteiger partial charge in [-0.2, -0.15) is 0 Å². The first-order valence-electron chi connectivity index (χ1n) is 9.11. The molecule has 144 valence electrons. The van der Waals surface area contributed by atoms with E-state index < -0.39 is 30.2 Å². The van der Waals surface area contributed by atoms with Crippen LogP contribution in [-0.4, -0.2) is 34.3 Å². The van der Waals surface area contributed by atoms with Gasteiger partial charge in [0.2, 0.25) is 0 Å². The highest BCUT2D eigenvalue weighted by atomic mass is 16.5. The van der Waals surface area contributed by atoms with E-state index in [1.165, 1.54) is 12.1 Å². The molecule has 0 atom stereocenters. The molecule has 1 fully saturated rings. The van der Waals surface area contributed by atoms with E-state index in [1.54, 1.807) is 12.1 Å². The number of hydrogen-bond acceptors (Lipinski definition) is 5. The average molecular weight is 373 g/mol. The number of nitrogens with zero attached hydrogens (tertiary/aromatic N) is 1. The van der Waals surface area contributed by atoms with Gasteiger partial charge in [-0.25, -0.2) is 4.68 Å². The van der Waals surface area contributed by atoms with Gasteiger partial charge in [0.15, 0.2) is 6.61 Å². The van der Waals surface area contributed by atoms with Crippen molar-refractivity contribution in [3.8, 4) is 0 Å². The number of fused-ring (bicyclic) bond motifs is 1. The van der Waals surface area contributed by atoms with E-state index in [0.29, 0.717) is 5.92 Å². The van der Waals surface area contributed by atoms with Crippen LogP contribution in [0, 0.1) is 5.92 Å². The molecule has 8 heteroatoms. The maximum Gasteiger partial charge on any atom is 0.328 e. The van der Waals surface area contributed by atoms with Crippen molar-refractivity contribution in [2.45, 2.75) is 45.2 Å². The summed E-state index contributed by atoms with van der Waals surface area (Å²) in [7, 11) is 0. The van der Waals surface area contributed by atoms with Gasteiger partial charge in [-0.05, 0) is 43.7 Å². The highest BCUT2D eigenvalue weighted by Gasteiger charge is 2.20. The molecule has 3 rings (SSSR count). The van der Waals surface area contributed by atoms with Crippen molar-refractivity contribution in [3.63, 3.8) is 0 Å². The Balaban J connectivity index is 1.56. The van der Waals surface area contributed by atoms with Gasteiger partial charge in [0.25, 0.3) is 17.0 Å². The van der Waals surface area contributed by atoms with Crippen LogP contribution < -0.4 is 16.4 Å². The lowest BCUT2D eigenvalue weighted by atomic mass is 9.87. The number of carbonyl (C=O) groups excluding carboxylic acids is 2. The van der Waals surface area contributed by atoms with E-state index in [1.807, 2.05) is 0 Å². The van der Waals surface area contributed by atoms with Gasteiger partial charge in [-0.1, -0.05) is 19.1 Å². The van der Waals surface area contributed by atoms with E-state index in [-0.39, 0.29) is 22.7 Å². The minimum absolute atomic E-state index is 0.117. The number of H-pyrrole nitrogens is 1. The first-order valence-corrected chi connectivity index (χ1v) is 9.11. The summed E-state index contributed by atoms with van der Waals surface area (Å²) < 4.78 is 5.84. The number of nitrogens with one attached hydrogen (secondary N) is 2. The third kappa shape index (κ3) is 4.64. The molecule has 1 aromatic heterocycles. The molecule has 1 amide bonds. The van der Waals surface area contributed by atoms with Crippen LogP contribution >= 0.6 is 0 Å². The number of esters is 1. The van der Waals surface area contributed by atoms with E-state index in [4.69, 9.17) is 4.74 Å². The first kappa shape index (κ1) is 18.9. The molecule has 0 unspecified atom stereocenters. The summed E-state index contributed by atoms with van der Waals surface area (Å²) in [6.45, 7) is 1.32. The molecule has 2 aromatic rings. The monoisotopic (exact) mass is 373 g/mol. The number of ether oxygens (including phenoxy) is 1. The molecule has 1 heterocycles. The smallest absolute Gasteiger partial charge is 0.328 e. The fraction of sp³-hybridized carbons (Fsp3) is 0.474. The molecule has 0 spiro atoms. The maximum atomic E-state index is 12.3. The van der Waals surface area contributed by atoms with Gasteiger partial charge in [0.1, 0.15) is 6.54 Å². The standard InChI is InChI=1S/C19H23N3O5/c1-12-6-8-13(9-7-12)20-16(23)11-27-17(24)10-22-19(26)15-5-3-2-4-14(15)18(25)21-22/h2-5,12-13H,6-11H2,1H3,(H,20,23)(H,21,25). The van der Waals surface area contributed by atoms with Crippen LogP contribution in [0.5, 0.6) is 0 Å². The van der Waals surface area contributed by atoms with Gasteiger partial charge in [-0.3, -0.25) is 24.3 Å². The maximum absolute atomic E-state index is 12.3. The molecule has 0 bridgehead atoms. The second kappa shape index (κ2) is 8.20. The highest BCUT2D eigenvalue weighted by Crippen LogP contribution is 2.23. The highest BCUT2D eigenvalue weighted by molar-refractivity contribution is 5.82. The number of aromatic nitrogens is 2. The molecule has 1 aliphatic carbocycles. The molecule has 0 saturated heterocycles. The molecule has 1 aromatic carbocycles. The lowest BCUT2D eigenvalue weighted by Crippen LogP contribution is -2.40. The Kier molecular flexibility index (Phi) is 5.73. The second-order valence-electron chi connectivity index (χ2n) is 7.06. The van der Waals surface area contributed by atoms with E-state index in [9.17, 15) is 19.2 Å². The van der Waals surface area contributed by atoms with Crippen molar-refractivity contribution in [2.24, 2.45) is 5.92 Å². The van der Waals surface area contributed by atoms with Crippen LogP contribution in [0.2, 0.25) is 0 Å². The second-order valence-corrected chi connectivity index (χ2v) is 7.06. The number of hydrogen-bond donors (Lipinski definition) is 2. The van der Waals surface area contributed by atoms with Crippen LogP contribution in [0.3, 0.4) is 0 Å². The van der Waals surface area contributed by atoms with Crippen molar-refractivity contribution in [2.75, 3.05) is 6.61 Å². The minimum Gasteiger partial charge on any atom is -0.454 e. The van der Waals surface area contributed by atoms with Gasteiger partial charge in [0.05, 0.1) is 10.8 Å². The number of benzene rings is 1. The molecule has 0 radical (unpaired) electrons. The van der Waals surface area contributed by atoms with Crippen molar-refractivity contribution in [3.05, 3.63) is 45.0 Å². The molecule has 2 N–H and O–H groups in total. The molecule has 27 heavy (non-hydrogen) atoms. The SMILES string of the molecule is CC1CCC(NC(=O)COC(=O)Cn2[nH]c(=O)c3ccccc3c2=O)CC1. The fourth-order valence-corrected chi connectivity index (χ4v) is 3.35. The van der Waals surface area contributed by atoms with Crippen LogP contribution in [0.4, 0.5) is 0 Å². The fourth-order valence-electron chi connectivity index (χ4n) is 3.35. The third-order valence-electron chi connectivity index (χ3n) is 4.92. The Morgan fingerprint density at radius 2 is 1.81 bits per heavy atom. The van der Waals surface area contributed by atoms with Gasteiger partial charge in [-0.15, -0.1) is 0 Å². The first-order chi connectivity index (χ1) is 12.9. The zero-order valence-corrected chi connectivity index (χ0v) is 15.2. The number of amides is 1. The summed E-state index contributed by atoms with van der Waals surface area (Å²) in [5.74, 6) is -0.448. The van der Waals surface area contributed by atoms with Crippen molar-refractivity contribution < 1.29 is 14.3 Å². The Morgan fingerprint density at radius 3 is 2.52 bits per heavy atom. The van der Waals surface area contributed by atoms with Gasteiger partial charge < -0.3 is 10.1 Å². The van der Waals surface area contributed by atoms with Crippen LogP contribution in [0.15, 0.2) is 33.9 Å². The van der Waals surface area contributed by atoms with Gasteiger partial charge >= 0.3 is 5.97 Å². The molecule has 1 saturated carbocycles. The summed E-state index contributed by atoms with van der Waals surface area (Å²) in [5.41, 5.74) is -0.967. The summed E-state index contributed by atoms with van der Waals surface area (Å²) in [6, 6.07) is 6.47. The van der Waals surface area contributed by atoms with E-state index >= 15 is 0 Å². The summed E-state index contributed by atoms with van der Waals surface area (Å²) in [5, 5.41) is 5.69.